The van der Waals surface area contributed by atoms with E-state index in [-0.39, 0.29) is 15.7 Å². The number of benzene rings is 1. The Morgan fingerprint density at radius 2 is 2.00 bits per heavy atom. The topological polar surface area (TPSA) is 83.5 Å². The van der Waals surface area contributed by atoms with Crippen LogP contribution in [0.3, 0.4) is 0 Å². The van der Waals surface area contributed by atoms with Gasteiger partial charge in [0, 0.05) is 0 Å². The highest BCUT2D eigenvalue weighted by Crippen LogP contribution is 2.30. The maximum Gasteiger partial charge on any atom is 0.320 e. The first-order valence-corrected chi connectivity index (χ1v) is 6.39. The van der Waals surface area contributed by atoms with E-state index >= 15 is 0 Å². The summed E-state index contributed by atoms with van der Waals surface area (Å²) in [6.07, 6.45) is 0. The molecule has 0 fully saturated rings. The zero-order chi connectivity index (χ0) is 12.3. The number of hydrogen-bond donors (Lipinski definition) is 2. The first kappa shape index (κ1) is 13.1. The van der Waals surface area contributed by atoms with Gasteiger partial charge in [-0.15, -0.1) is 0 Å². The molecule has 0 saturated carbocycles. The number of carboxylic acid groups (broad SMARTS) is 1. The molecule has 0 atom stereocenters. The molecule has 0 amide bonds. The summed E-state index contributed by atoms with van der Waals surface area (Å²) in [4.78, 5) is 10.3. The van der Waals surface area contributed by atoms with E-state index in [1.807, 2.05) is 4.72 Å². The molecule has 88 valence electrons. The van der Waals surface area contributed by atoms with Crippen molar-refractivity contribution in [1.82, 2.24) is 0 Å². The van der Waals surface area contributed by atoms with Gasteiger partial charge >= 0.3 is 5.97 Å². The van der Waals surface area contributed by atoms with Crippen molar-refractivity contribution >= 4 is 44.9 Å². The molecular weight excluding hydrogens is 277 g/mol. The van der Waals surface area contributed by atoms with Crippen molar-refractivity contribution in [2.45, 2.75) is 0 Å². The summed E-state index contributed by atoms with van der Waals surface area (Å²) in [7, 11) is -3.97. The number of sulfonamides is 1. The van der Waals surface area contributed by atoms with Crippen molar-refractivity contribution in [3.8, 4) is 0 Å². The summed E-state index contributed by atoms with van der Waals surface area (Å²) in [5.74, 6) is -2.49. The second kappa shape index (κ2) is 4.90. The Hall–Kier alpha value is -0.980. The van der Waals surface area contributed by atoms with Crippen LogP contribution in [0.25, 0.3) is 0 Å². The van der Waals surface area contributed by atoms with E-state index in [9.17, 15) is 13.2 Å². The predicted octanol–water partition coefficient (Wildman–Crippen LogP) is 1.82. The van der Waals surface area contributed by atoms with Gasteiger partial charge in [-0.05, 0) is 12.1 Å². The van der Waals surface area contributed by atoms with E-state index in [4.69, 9.17) is 28.3 Å². The third-order valence-electron chi connectivity index (χ3n) is 1.53. The molecule has 8 heteroatoms. The number of aliphatic carboxylic acids is 1. The van der Waals surface area contributed by atoms with Gasteiger partial charge in [-0.1, -0.05) is 29.3 Å². The lowest BCUT2D eigenvalue weighted by Crippen LogP contribution is -2.22. The fourth-order valence-electron chi connectivity index (χ4n) is 0.949. The van der Waals surface area contributed by atoms with Crippen molar-refractivity contribution < 1.29 is 18.3 Å². The minimum atomic E-state index is -3.97. The van der Waals surface area contributed by atoms with Crippen LogP contribution in [-0.2, 0) is 14.8 Å². The molecule has 5 nitrogen and oxygen atoms in total. The molecule has 0 aliphatic rings. The van der Waals surface area contributed by atoms with E-state index < -0.39 is 21.7 Å². The van der Waals surface area contributed by atoms with Gasteiger partial charge in [0.2, 0.25) is 10.0 Å². The fraction of sp³-hybridized carbons (Fsp3) is 0.125. The van der Waals surface area contributed by atoms with Gasteiger partial charge in [-0.3, -0.25) is 9.52 Å². The van der Waals surface area contributed by atoms with Crippen LogP contribution in [0.15, 0.2) is 18.2 Å². The maximum atomic E-state index is 11.3. The molecule has 0 aliphatic carbocycles. The molecule has 0 bridgehead atoms. The standard InChI is InChI=1S/C8H7Cl2NO4S/c9-5-2-1-3-6(8(5)10)11-16(14,15)4-7(12)13/h1-3,11H,4H2,(H,12,13). The van der Waals surface area contributed by atoms with Crippen LogP contribution < -0.4 is 4.72 Å². The molecule has 2 N–H and O–H groups in total. The van der Waals surface area contributed by atoms with E-state index in [2.05, 4.69) is 0 Å². The van der Waals surface area contributed by atoms with Gasteiger partial charge in [0.15, 0.2) is 5.75 Å². The minimum absolute atomic E-state index is 0.0260. The zero-order valence-corrected chi connectivity index (χ0v) is 10.1. The van der Waals surface area contributed by atoms with Crippen molar-refractivity contribution in [3.05, 3.63) is 28.2 Å². The SMILES string of the molecule is O=C(O)CS(=O)(=O)Nc1cccc(Cl)c1Cl. The molecule has 16 heavy (non-hydrogen) atoms. The van der Waals surface area contributed by atoms with Crippen LogP contribution in [0.1, 0.15) is 0 Å². The third kappa shape index (κ3) is 3.55. The average molecular weight is 284 g/mol. The largest absolute Gasteiger partial charge is 0.480 e. The Bertz CT molecular complexity index is 515. The summed E-state index contributed by atoms with van der Waals surface area (Å²) in [5.41, 5.74) is 0.0513. The highest BCUT2D eigenvalue weighted by Gasteiger charge is 2.17. The monoisotopic (exact) mass is 283 g/mol. The van der Waals surface area contributed by atoms with Crippen LogP contribution in [-0.4, -0.2) is 25.2 Å². The number of carboxylic acids is 1. The molecule has 0 heterocycles. The number of nitrogens with one attached hydrogen (secondary N) is 1. The Labute approximate surface area is 102 Å². The van der Waals surface area contributed by atoms with E-state index in [1.54, 1.807) is 0 Å². The Balaban J connectivity index is 2.97. The van der Waals surface area contributed by atoms with E-state index in [0.29, 0.717) is 0 Å². The molecule has 1 aromatic rings. The Morgan fingerprint density at radius 1 is 1.38 bits per heavy atom. The molecule has 0 spiro atoms. The molecule has 0 aliphatic heterocycles. The quantitative estimate of drug-likeness (QED) is 0.883. The summed E-state index contributed by atoms with van der Waals surface area (Å²) in [6.45, 7) is 0. The van der Waals surface area contributed by atoms with Crippen molar-refractivity contribution in [2.24, 2.45) is 0 Å². The van der Waals surface area contributed by atoms with Crippen LogP contribution >= 0.6 is 23.2 Å². The summed E-state index contributed by atoms with van der Waals surface area (Å²) in [6, 6.07) is 4.36. The van der Waals surface area contributed by atoms with Crippen LogP contribution in [0.2, 0.25) is 10.0 Å². The average Bonchev–Trinajstić information content (AvgIpc) is 2.10. The second-order valence-electron chi connectivity index (χ2n) is 2.86. The van der Waals surface area contributed by atoms with Gasteiger partial charge in [0.05, 0.1) is 15.7 Å². The number of hydrogen-bond acceptors (Lipinski definition) is 3. The molecule has 0 radical (unpaired) electrons. The summed E-state index contributed by atoms with van der Waals surface area (Å²) >= 11 is 11.4. The second-order valence-corrected chi connectivity index (χ2v) is 5.36. The first-order chi connectivity index (χ1) is 7.32. The zero-order valence-electron chi connectivity index (χ0n) is 7.78. The van der Waals surface area contributed by atoms with Gasteiger partial charge in [-0.2, -0.15) is 0 Å². The summed E-state index contributed by atoms with van der Waals surface area (Å²) in [5, 5.41) is 8.58. The summed E-state index contributed by atoms with van der Waals surface area (Å²) < 4.78 is 24.6. The Morgan fingerprint density at radius 3 is 2.56 bits per heavy atom. The van der Waals surface area contributed by atoms with Crippen LogP contribution in [0, 0.1) is 0 Å². The molecular formula is C8H7Cl2NO4S. The highest BCUT2D eigenvalue weighted by atomic mass is 35.5. The van der Waals surface area contributed by atoms with Gasteiger partial charge in [0.25, 0.3) is 0 Å². The number of anilines is 1. The molecule has 1 aromatic carbocycles. The molecule has 0 saturated heterocycles. The van der Waals surface area contributed by atoms with Crippen molar-refractivity contribution in [3.63, 3.8) is 0 Å². The van der Waals surface area contributed by atoms with Crippen LogP contribution in [0.4, 0.5) is 5.69 Å². The van der Waals surface area contributed by atoms with E-state index in [0.717, 1.165) is 0 Å². The Kier molecular flexibility index (Phi) is 4.01. The van der Waals surface area contributed by atoms with Crippen LogP contribution in [0.5, 0.6) is 0 Å². The normalized spacial score (nSPS) is 11.1. The smallest absolute Gasteiger partial charge is 0.320 e. The van der Waals surface area contributed by atoms with Crippen molar-refractivity contribution in [2.75, 3.05) is 10.5 Å². The number of carbonyl (C=O) groups is 1. The van der Waals surface area contributed by atoms with Crippen molar-refractivity contribution in [1.29, 1.82) is 0 Å². The highest BCUT2D eigenvalue weighted by molar-refractivity contribution is 7.93. The lowest BCUT2D eigenvalue weighted by molar-refractivity contribution is -0.134. The van der Waals surface area contributed by atoms with Gasteiger partial charge < -0.3 is 5.11 Å². The minimum Gasteiger partial charge on any atom is -0.480 e. The first-order valence-electron chi connectivity index (χ1n) is 3.98. The molecule has 0 unspecified atom stereocenters. The molecule has 1 rings (SSSR count). The third-order valence-corrected chi connectivity index (χ3v) is 3.51. The molecule has 0 aromatic heterocycles. The number of halogens is 2. The van der Waals surface area contributed by atoms with E-state index in [1.165, 1.54) is 18.2 Å². The lowest BCUT2D eigenvalue weighted by atomic mass is 10.3. The lowest BCUT2D eigenvalue weighted by Gasteiger charge is -2.08. The maximum absolute atomic E-state index is 11.3. The van der Waals surface area contributed by atoms with Gasteiger partial charge in [-0.25, -0.2) is 8.42 Å². The number of rotatable bonds is 4. The van der Waals surface area contributed by atoms with Gasteiger partial charge in [0.1, 0.15) is 0 Å². The fourth-order valence-corrected chi connectivity index (χ4v) is 2.26. The predicted molar refractivity (Wildman–Crippen MR) is 61.5 cm³/mol.